The second kappa shape index (κ2) is 6.00. The highest BCUT2D eigenvalue weighted by molar-refractivity contribution is 5.72. The summed E-state index contributed by atoms with van der Waals surface area (Å²) in [5.74, 6) is -0.0263. The maximum Gasteiger partial charge on any atom is 0.224 e. The molecule has 0 spiro atoms. The molecule has 0 saturated heterocycles. The average molecular weight is 294 g/mol. The summed E-state index contributed by atoms with van der Waals surface area (Å²) in [6, 6.07) is 0. The van der Waals surface area contributed by atoms with Gasteiger partial charge in [0.05, 0.1) is 0 Å². The summed E-state index contributed by atoms with van der Waals surface area (Å²) in [4.78, 5) is 24.1. The molecule has 0 atom stereocenters. The second-order valence-electron chi connectivity index (χ2n) is 3.56. The largest absolute Gasteiger partial charge is 0.393 e. The van der Waals surface area contributed by atoms with Gasteiger partial charge in [0.25, 0.3) is 0 Å². The van der Waals surface area contributed by atoms with Gasteiger partial charge in [-0.25, -0.2) is 0 Å². The zero-order chi connectivity index (χ0) is 16.2. The van der Waals surface area contributed by atoms with Gasteiger partial charge in [0, 0.05) is 0 Å². The molecule has 0 aliphatic carbocycles. The lowest BCUT2D eigenvalue weighted by molar-refractivity contribution is 1.19. The van der Waals surface area contributed by atoms with Crippen molar-refractivity contribution in [2.75, 3.05) is 40.1 Å². The maximum absolute atomic E-state index is 10.0. The number of anilines is 7. The van der Waals surface area contributed by atoms with Crippen LogP contribution in [0.2, 0.25) is 0 Å². The summed E-state index contributed by atoms with van der Waals surface area (Å²) in [7, 11) is 0. The molecule has 0 amide bonds. The van der Waals surface area contributed by atoms with Crippen LogP contribution in [-0.2, 0) is 0 Å². The average Bonchev–Trinajstić information content (AvgIpc) is 2.36. The molecule has 0 fully saturated rings. The van der Waals surface area contributed by atoms with Gasteiger partial charge in [0.15, 0.2) is 29.0 Å². The van der Waals surface area contributed by atoms with Crippen molar-refractivity contribution < 1.29 is 0 Å². The maximum atomic E-state index is 10.0. The van der Waals surface area contributed by atoms with Crippen molar-refractivity contribution in [2.45, 2.75) is 0 Å². The lowest BCUT2D eigenvalue weighted by Crippen LogP contribution is -2.07. The molecular formula is C8H14N12O. The van der Waals surface area contributed by atoms with Gasteiger partial charge in [-0.05, 0) is 5.18 Å². The molecule has 0 aliphatic rings. The van der Waals surface area contributed by atoms with Gasteiger partial charge in [-0.15, -0.1) is 4.91 Å². The molecule has 2 aromatic rings. The highest BCUT2D eigenvalue weighted by atomic mass is 16.3. The summed E-state index contributed by atoms with van der Waals surface area (Å²) in [6.07, 6.45) is 0. The Kier molecular flexibility index (Phi) is 4.41. The predicted octanol–water partition coefficient (Wildman–Crippen LogP) is -1.57. The molecule has 13 heteroatoms. The molecule has 2 rings (SSSR count). The van der Waals surface area contributed by atoms with E-state index in [9.17, 15) is 4.91 Å². The van der Waals surface area contributed by atoms with Crippen molar-refractivity contribution in [1.29, 1.82) is 0 Å². The summed E-state index contributed by atoms with van der Waals surface area (Å²) >= 11 is 0. The number of nitroso groups, excluding NO2 is 1. The fraction of sp³-hybridized carbons (Fsp3) is 0. The third-order valence-electron chi connectivity index (χ3n) is 2.07. The first kappa shape index (κ1) is 15.4. The van der Waals surface area contributed by atoms with E-state index in [-0.39, 0.29) is 46.5 Å². The van der Waals surface area contributed by atoms with E-state index in [4.69, 9.17) is 40.1 Å². The number of aromatic nitrogens is 4. The van der Waals surface area contributed by atoms with Crippen LogP contribution in [0.25, 0.3) is 0 Å². The van der Waals surface area contributed by atoms with E-state index in [1.54, 1.807) is 0 Å². The first-order valence-corrected chi connectivity index (χ1v) is 5.22. The quantitative estimate of drug-likeness (QED) is 0.294. The van der Waals surface area contributed by atoms with Crippen LogP contribution in [0.5, 0.6) is 0 Å². The number of hydrogen-bond donors (Lipinski definition) is 7. The van der Waals surface area contributed by atoms with Crippen LogP contribution in [-0.4, -0.2) is 19.9 Å². The van der Waals surface area contributed by atoms with Crippen LogP contribution in [0.15, 0.2) is 5.18 Å². The highest BCUT2D eigenvalue weighted by Crippen LogP contribution is 2.25. The van der Waals surface area contributed by atoms with Crippen molar-refractivity contribution in [3.05, 3.63) is 4.91 Å². The first-order chi connectivity index (χ1) is 9.76. The van der Waals surface area contributed by atoms with Crippen LogP contribution >= 0.6 is 0 Å². The van der Waals surface area contributed by atoms with Gasteiger partial charge in [-0.1, -0.05) is 0 Å². The van der Waals surface area contributed by atoms with Gasteiger partial charge in [-0.3, -0.25) is 0 Å². The molecule has 0 aliphatic heterocycles. The van der Waals surface area contributed by atoms with Gasteiger partial charge in [-0.2, -0.15) is 19.9 Å². The third-order valence-corrected chi connectivity index (χ3v) is 2.07. The van der Waals surface area contributed by atoms with Gasteiger partial charge in [0.2, 0.25) is 11.9 Å². The van der Waals surface area contributed by atoms with Crippen molar-refractivity contribution in [3.63, 3.8) is 0 Å². The van der Waals surface area contributed by atoms with Gasteiger partial charge >= 0.3 is 0 Å². The molecule has 2 aromatic heterocycles. The zero-order valence-corrected chi connectivity index (χ0v) is 10.7. The minimum atomic E-state index is -0.167. The molecule has 14 N–H and O–H groups in total. The molecule has 0 aromatic carbocycles. The molecule has 0 saturated carbocycles. The molecule has 112 valence electrons. The Bertz CT molecular complexity index is 624. The van der Waals surface area contributed by atoms with Crippen molar-refractivity contribution in [2.24, 2.45) is 5.18 Å². The summed E-state index contributed by atoms with van der Waals surface area (Å²) < 4.78 is 0. The fourth-order valence-corrected chi connectivity index (χ4v) is 1.13. The Morgan fingerprint density at radius 2 is 0.952 bits per heavy atom. The van der Waals surface area contributed by atoms with E-state index in [2.05, 4.69) is 25.1 Å². The molecule has 2 heterocycles. The van der Waals surface area contributed by atoms with Crippen LogP contribution in [0, 0.1) is 4.91 Å². The zero-order valence-electron chi connectivity index (χ0n) is 10.7. The Labute approximate surface area is 117 Å². The van der Waals surface area contributed by atoms with Crippen molar-refractivity contribution in [1.82, 2.24) is 19.9 Å². The van der Waals surface area contributed by atoms with Crippen LogP contribution in [0.1, 0.15) is 0 Å². The topological polar surface area (TPSA) is 263 Å². The minimum Gasteiger partial charge on any atom is -0.393 e. The monoisotopic (exact) mass is 294 g/mol. The number of nitrogens with two attached hydrogens (primary N) is 7. The summed E-state index contributed by atoms with van der Waals surface area (Å²) in [5, 5.41) is 2.53. The van der Waals surface area contributed by atoms with Crippen molar-refractivity contribution >= 4 is 46.5 Å². The number of hydrogen-bond acceptors (Lipinski definition) is 13. The third kappa shape index (κ3) is 3.66. The van der Waals surface area contributed by atoms with E-state index in [0.29, 0.717) is 0 Å². The lowest BCUT2D eigenvalue weighted by Gasteiger charge is -2.01. The van der Waals surface area contributed by atoms with Crippen LogP contribution in [0.4, 0.5) is 46.5 Å². The Hall–Kier alpha value is -3.64. The van der Waals surface area contributed by atoms with E-state index < -0.39 is 0 Å². The summed E-state index contributed by atoms with van der Waals surface area (Å²) in [6.45, 7) is 0. The normalized spacial score (nSPS) is 9.52. The van der Waals surface area contributed by atoms with Gasteiger partial charge < -0.3 is 40.1 Å². The SMILES string of the molecule is Nc1nc(N)c(N)c(N)n1.Nc1nc(N)c(N=O)c(N)n1. The molecule has 13 nitrogen and oxygen atoms in total. The Morgan fingerprint density at radius 3 is 1.29 bits per heavy atom. The lowest BCUT2D eigenvalue weighted by atomic mass is 10.4. The molecule has 0 unspecified atom stereocenters. The Morgan fingerprint density at radius 1 is 0.619 bits per heavy atom. The smallest absolute Gasteiger partial charge is 0.224 e. The summed E-state index contributed by atoms with van der Waals surface area (Å²) in [5.41, 5.74) is 36.7. The molecular weight excluding hydrogens is 280 g/mol. The second-order valence-corrected chi connectivity index (χ2v) is 3.56. The number of nitrogen functional groups attached to an aromatic ring is 7. The van der Waals surface area contributed by atoms with Crippen LogP contribution in [0.3, 0.4) is 0 Å². The predicted molar refractivity (Wildman–Crippen MR) is 80.4 cm³/mol. The molecule has 0 radical (unpaired) electrons. The standard InChI is InChI=1S/C4H6N6O.C4H8N6/c5-2-1(10-11)3(6)9-4(7)8-2;5-1-2(6)9-4(8)10-3(1)7/h(H6,5,6,7,8,9);5H2,(H6,6,7,8,9,10). The highest BCUT2D eigenvalue weighted by Gasteiger charge is 2.07. The van der Waals surface area contributed by atoms with E-state index in [1.165, 1.54) is 0 Å². The van der Waals surface area contributed by atoms with Crippen molar-refractivity contribution in [3.8, 4) is 0 Å². The van der Waals surface area contributed by atoms with Crippen LogP contribution < -0.4 is 40.1 Å². The van der Waals surface area contributed by atoms with Gasteiger partial charge in [0.1, 0.15) is 5.69 Å². The molecule has 21 heavy (non-hydrogen) atoms. The Balaban J connectivity index is 0.000000211. The minimum absolute atomic E-state index is 0.0317. The van der Waals surface area contributed by atoms with E-state index in [1.807, 2.05) is 0 Å². The number of nitrogens with zero attached hydrogens (tertiary/aromatic N) is 5. The van der Waals surface area contributed by atoms with E-state index in [0.717, 1.165) is 0 Å². The fourth-order valence-electron chi connectivity index (χ4n) is 1.13. The number of rotatable bonds is 1. The first-order valence-electron chi connectivity index (χ1n) is 5.22. The van der Waals surface area contributed by atoms with E-state index >= 15 is 0 Å². The molecule has 0 bridgehead atoms.